The van der Waals surface area contributed by atoms with E-state index < -0.39 is 0 Å². The smallest absolute Gasteiger partial charge is 0.257 e. The highest BCUT2D eigenvalue weighted by molar-refractivity contribution is 6.04. The third-order valence-corrected chi connectivity index (χ3v) is 2.24. The Morgan fingerprint density at radius 3 is 2.88 bits per heavy atom. The number of carbonyl (C=O) groups is 1. The van der Waals surface area contributed by atoms with E-state index in [9.17, 15) is 4.79 Å². The first-order valence-electron chi connectivity index (χ1n) is 5.43. The van der Waals surface area contributed by atoms with E-state index in [1.165, 1.54) is 0 Å². The largest absolute Gasteiger partial charge is 0.370 e. The van der Waals surface area contributed by atoms with E-state index in [2.05, 4.69) is 20.6 Å². The van der Waals surface area contributed by atoms with Crippen LogP contribution in [0.2, 0.25) is 0 Å². The number of pyridine rings is 1. The van der Waals surface area contributed by atoms with Crippen molar-refractivity contribution in [2.24, 2.45) is 0 Å². The number of carbonyl (C=O) groups excluding carboxylic acids is 1. The van der Waals surface area contributed by atoms with Crippen molar-refractivity contribution in [2.75, 3.05) is 17.2 Å². The van der Waals surface area contributed by atoms with Gasteiger partial charge in [-0.1, -0.05) is 0 Å². The van der Waals surface area contributed by atoms with Crippen molar-refractivity contribution in [3.63, 3.8) is 0 Å². The summed E-state index contributed by atoms with van der Waals surface area (Å²) in [6.45, 7) is 2.82. The first-order chi connectivity index (χ1) is 8.29. The summed E-state index contributed by atoms with van der Waals surface area (Å²) >= 11 is 0. The fourth-order valence-electron chi connectivity index (χ4n) is 1.42. The van der Waals surface area contributed by atoms with E-state index >= 15 is 0 Å². The number of nitrogens with one attached hydrogen (secondary N) is 3. The minimum Gasteiger partial charge on any atom is -0.370 e. The van der Waals surface area contributed by atoms with Gasteiger partial charge in [-0.25, -0.2) is 4.98 Å². The lowest BCUT2D eigenvalue weighted by Gasteiger charge is -2.05. The van der Waals surface area contributed by atoms with Crippen LogP contribution < -0.4 is 10.6 Å². The number of amides is 1. The molecule has 0 aliphatic heterocycles. The van der Waals surface area contributed by atoms with Gasteiger partial charge >= 0.3 is 0 Å². The van der Waals surface area contributed by atoms with Crippen LogP contribution >= 0.6 is 0 Å². The molecule has 0 saturated carbocycles. The molecule has 0 bridgehead atoms. The molecule has 88 valence electrons. The number of aromatic amines is 1. The second-order valence-corrected chi connectivity index (χ2v) is 3.52. The average Bonchev–Trinajstić information content (AvgIpc) is 2.86. The highest BCUT2D eigenvalue weighted by Crippen LogP contribution is 2.10. The maximum atomic E-state index is 11.7. The van der Waals surface area contributed by atoms with Crippen molar-refractivity contribution in [1.82, 2.24) is 9.97 Å². The van der Waals surface area contributed by atoms with Gasteiger partial charge in [0.05, 0.1) is 17.4 Å². The summed E-state index contributed by atoms with van der Waals surface area (Å²) in [6, 6.07) is 5.36. The quantitative estimate of drug-likeness (QED) is 0.753. The fraction of sp³-hybridized carbons (Fsp3) is 0.167. The van der Waals surface area contributed by atoms with E-state index in [4.69, 9.17) is 0 Å². The summed E-state index contributed by atoms with van der Waals surface area (Å²) in [5.74, 6) is 0.649. The van der Waals surface area contributed by atoms with Gasteiger partial charge in [-0.3, -0.25) is 4.79 Å². The molecule has 0 aliphatic rings. The number of anilines is 2. The molecule has 0 fully saturated rings. The summed E-state index contributed by atoms with van der Waals surface area (Å²) in [4.78, 5) is 18.7. The number of hydrogen-bond acceptors (Lipinski definition) is 3. The van der Waals surface area contributed by atoms with Crippen molar-refractivity contribution in [2.45, 2.75) is 6.92 Å². The lowest BCUT2D eigenvalue weighted by Crippen LogP contribution is -2.11. The lowest BCUT2D eigenvalue weighted by molar-refractivity contribution is 0.102. The summed E-state index contributed by atoms with van der Waals surface area (Å²) < 4.78 is 0. The number of rotatable bonds is 4. The van der Waals surface area contributed by atoms with Crippen LogP contribution in [0.1, 0.15) is 17.3 Å². The highest BCUT2D eigenvalue weighted by atomic mass is 16.1. The van der Waals surface area contributed by atoms with Gasteiger partial charge in [0.1, 0.15) is 5.82 Å². The summed E-state index contributed by atoms with van der Waals surface area (Å²) in [6.07, 6.45) is 4.99. The van der Waals surface area contributed by atoms with Gasteiger partial charge in [-0.2, -0.15) is 0 Å². The van der Waals surface area contributed by atoms with Crippen molar-refractivity contribution < 1.29 is 4.79 Å². The second-order valence-electron chi connectivity index (χ2n) is 3.52. The Morgan fingerprint density at radius 1 is 1.41 bits per heavy atom. The van der Waals surface area contributed by atoms with E-state index in [1.54, 1.807) is 24.7 Å². The molecule has 0 saturated heterocycles. The van der Waals surface area contributed by atoms with E-state index in [-0.39, 0.29) is 5.91 Å². The maximum absolute atomic E-state index is 11.7. The van der Waals surface area contributed by atoms with E-state index in [0.717, 1.165) is 12.4 Å². The minimum absolute atomic E-state index is 0.149. The SMILES string of the molecule is CCNc1ccc(NC(=O)c2cc[nH]c2)cn1. The molecule has 0 radical (unpaired) electrons. The first-order valence-corrected chi connectivity index (χ1v) is 5.43. The zero-order chi connectivity index (χ0) is 12.1. The standard InChI is InChI=1S/C12H14N4O/c1-2-14-11-4-3-10(8-15-11)16-12(17)9-5-6-13-7-9/h3-8,13H,2H2,1H3,(H,14,15)(H,16,17). The molecular weight excluding hydrogens is 216 g/mol. The highest BCUT2D eigenvalue weighted by Gasteiger charge is 2.05. The summed E-state index contributed by atoms with van der Waals surface area (Å²) in [5, 5.41) is 5.85. The van der Waals surface area contributed by atoms with Crippen LogP contribution in [0.15, 0.2) is 36.8 Å². The van der Waals surface area contributed by atoms with Crippen molar-refractivity contribution in [3.8, 4) is 0 Å². The number of H-pyrrole nitrogens is 1. The second kappa shape index (κ2) is 5.16. The number of hydrogen-bond donors (Lipinski definition) is 3. The van der Waals surface area contributed by atoms with Gasteiger partial charge in [-0.05, 0) is 25.1 Å². The molecule has 0 aliphatic carbocycles. The molecular formula is C12H14N4O. The van der Waals surface area contributed by atoms with Crippen molar-refractivity contribution in [3.05, 3.63) is 42.4 Å². The lowest BCUT2D eigenvalue weighted by atomic mass is 10.3. The molecule has 0 spiro atoms. The van der Waals surface area contributed by atoms with Crippen molar-refractivity contribution in [1.29, 1.82) is 0 Å². The van der Waals surface area contributed by atoms with Crippen molar-refractivity contribution >= 4 is 17.4 Å². The van der Waals surface area contributed by atoms with Gasteiger partial charge in [0, 0.05) is 18.9 Å². The average molecular weight is 230 g/mol. The normalized spacial score (nSPS) is 9.94. The van der Waals surface area contributed by atoms with Crippen LogP contribution in [0.4, 0.5) is 11.5 Å². The summed E-state index contributed by atoms with van der Waals surface area (Å²) in [5.41, 5.74) is 1.28. The van der Waals surface area contributed by atoms with E-state index in [0.29, 0.717) is 11.3 Å². The van der Waals surface area contributed by atoms with Gasteiger partial charge < -0.3 is 15.6 Å². The predicted molar refractivity (Wildman–Crippen MR) is 67.1 cm³/mol. The molecule has 3 N–H and O–H groups in total. The molecule has 5 nitrogen and oxygen atoms in total. The molecule has 2 rings (SSSR count). The monoisotopic (exact) mass is 230 g/mol. The molecule has 2 heterocycles. The molecule has 2 aromatic heterocycles. The van der Waals surface area contributed by atoms with E-state index in [1.807, 2.05) is 19.1 Å². The Balaban J connectivity index is 2.01. The van der Waals surface area contributed by atoms with Gasteiger partial charge in [0.15, 0.2) is 0 Å². The maximum Gasteiger partial charge on any atom is 0.257 e. The number of nitrogens with zero attached hydrogens (tertiary/aromatic N) is 1. The molecule has 17 heavy (non-hydrogen) atoms. The zero-order valence-electron chi connectivity index (χ0n) is 9.53. The predicted octanol–water partition coefficient (Wildman–Crippen LogP) is 2.09. The molecule has 5 heteroatoms. The minimum atomic E-state index is -0.149. The van der Waals surface area contributed by atoms with Gasteiger partial charge in [0.25, 0.3) is 5.91 Å². The Labute approximate surface area is 99.3 Å². The van der Waals surface area contributed by atoms with Gasteiger partial charge in [0.2, 0.25) is 0 Å². The van der Waals surface area contributed by atoms with Gasteiger partial charge in [-0.15, -0.1) is 0 Å². The molecule has 0 aromatic carbocycles. The van der Waals surface area contributed by atoms with Crippen LogP contribution in [0.25, 0.3) is 0 Å². The van der Waals surface area contributed by atoms with Crippen LogP contribution in [-0.4, -0.2) is 22.4 Å². The molecule has 0 atom stereocenters. The van der Waals surface area contributed by atoms with Crippen LogP contribution in [-0.2, 0) is 0 Å². The third-order valence-electron chi connectivity index (χ3n) is 2.24. The Hall–Kier alpha value is -2.30. The Bertz CT molecular complexity index is 476. The molecule has 0 unspecified atom stereocenters. The topological polar surface area (TPSA) is 69.8 Å². The van der Waals surface area contributed by atoms with Crippen LogP contribution in [0.3, 0.4) is 0 Å². The molecule has 2 aromatic rings. The van der Waals surface area contributed by atoms with Crippen LogP contribution in [0.5, 0.6) is 0 Å². The fourth-order valence-corrected chi connectivity index (χ4v) is 1.42. The molecule has 1 amide bonds. The Morgan fingerprint density at radius 2 is 2.29 bits per heavy atom. The Kier molecular flexibility index (Phi) is 3.40. The summed E-state index contributed by atoms with van der Waals surface area (Å²) in [7, 11) is 0. The number of aromatic nitrogens is 2. The first kappa shape index (κ1) is 11.2. The third kappa shape index (κ3) is 2.84. The van der Waals surface area contributed by atoms with Crippen LogP contribution in [0, 0.1) is 0 Å². The zero-order valence-corrected chi connectivity index (χ0v) is 9.53.